The molecule has 0 spiro atoms. The van der Waals surface area contributed by atoms with Crippen LogP contribution in [0.1, 0.15) is 62.6 Å². The van der Waals surface area contributed by atoms with E-state index < -0.39 is 0 Å². The maximum absolute atomic E-state index is 6.25. The largest absolute Gasteiger partial charge is 0.381 e. The molecule has 0 bridgehead atoms. The quantitative estimate of drug-likeness (QED) is 0.867. The Labute approximate surface area is 128 Å². The summed E-state index contributed by atoms with van der Waals surface area (Å²) < 4.78 is 11.4. The fraction of sp³-hybridized carbons (Fsp3) is 0.667. The minimum Gasteiger partial charge on any atom is -0.381 e. The summed E-state index contributed by atoms with van der Waals surface area (Å²) >= 11 is 0. The molecule has 1 aliphatic carbocycles. The van der Waals surface area contributed by atoms with Gasteiger partial charge in [-0.25, -0.2) is 0 Å². The lowest BCUT2D eigenvalue weighted by molar-refractivity contribution is -0.0332. The Morgan fingerprint density at radius 3 is 2.33 bits per heavy atom. The van der Waals surface area contributed by atoms with Crippen LogP contribution in [0.15, 0.2) is 24.3 Å². The van der Waals surface area contributed by atoms with E-state index in [-0.39, 0.29) is 6.04 Å². The van der Waals surface area contributed by atoms with Gasteiger partial charge in [-0.15, -0.1) is 0 Å². The van der Waals surface area contributed by atoms with Gasteiger partial charge in [0.05, 0.1) is 24.9 Å². The van der Waals surface area contributed by atoms with Crippen molar-refractivity contribution >= 4 is 0 Å². The van der Waals surface area contributed by atoms with E-state index in [1.807, 2.05) is 0 Å². The first-order chi connectivity index (χ1) is 10.1. The van der Waals surface area contributed by atoms with Crippen molar-refractivity contribution in [1.82, 2.24) is 0 Å². The molecule has 118 valence electrons. The van der Waals surface area contributed by atoms with Crippen molar-refractivity contribution < 1.29 is 9.47 Å². The second-order valence-electron chi connectivity index (χ2n) is 6.41. The van der Waals surface area contributed by atoms with E-state index in [2.05, 4.69) is 38.1 Å². The molecule has 2 rings (SSSR count). The van der Waals surface area contributed by atoms with Crippen LogP contribution in [0.5, 0.6) is 0 Å². The summed E-state index contributed by atoms with van der Waals surface area (Å²) in [6.07, 6.45) is 5.10. The number of nitrogens with two attached hydrogens (primary N) is 1. The average molecular weight is 291 g/mol. The first-order valence-corrected chi connectivity index (χ1v) is 8.10. The van der Waals surface area contributed by atoms with Crippen LogP contribution in [0.4, 0.5) is 0 Å². The van der Waals surface area contributed by atoms with Gasteiger partial charge in [0.15, 0.2) is 0 Å². The van der Waals surface area contributed by atoms with Gasteiger partial charge in [0.2, 0.25) is 0 Å². The SMILES string of the molecule is COC1CCCC(OCC(N)c2ccc(C(C)C)cc2)C1. The molecule has 1 aliphatic rings. The van der Waals surface area contributed by atoms with Gasteiger partial charge in [0.25, 0.3) is 0 Å². The molecule has 3 unspecified atom stereocenters. The highest BCUT2D eigenvalue weighted by molar-refractivity contribution is 5.26. The van der Waals surface area contributed by atoms with Crippen LogP contribution in [-0.2, 0) is 9.47 Å². The van der Waals surface area contributed by atoms with Gasteiger partial charge in [-0.05, 0) is 42.7 Å². The zero-order chi connectivity index (χ0) is 15.2. The third-order valence-electron chi connectivity index (χ3n) is 4.45. The van der Waals surface area contributed by atoms with Crippen LogP contribution < -0.4 is 5.73 Å². The van der Waals surface area contributed by atoms with Crippen LogP contribution in [-0.4, -0.2) is 25.9 Å². The summed E-state index contributed by atoms with van der Waals surface area (Å²) in [5, 5.41) is 0. The smallest absolute Gasteiger partial charge is 0.0663 e. The first-order valence-electron chi connectivity index (χ1n) is 8.10. The standard InChI is InChI=1S/C18H29NO2/c1-13(2)14-7-9-15(10-8-14)18(19)12-21-17-6-4-5-16(11-17)20-3/h7-10,13,16-18H,4-6,11-12,19H2,1-3H3. The maximum Gasteiger partial charge on any atom is 0.0663 e. The molecule has 0 heterocycles. The average Bonchev–Trinajstić information content (AvgIpc) is 2.53. The zero-order valence-electron chi connectivity index (χ0n) is 13.5. The second kappa shape index (κ2) is 7.92. The molecule has 0 amide bonds. The molecular weight excluding hydrogens is 262 g/mol. The van der Waals surface area contributed by atoms with Crippen molar-refractivity contribution in [2.75, 3.05) is 13.7 Å². The highest BCUT2D eigenvalue weighted by atomic mass is 16.5. The van der Waals surface area contributed by atoms with E-state index in [1.54, 1.807) is 7.11 Å². The molecule has 3 atom stereocenters. The van der Waals surface area contributed by atoms with Gasteiger partial charge in [0, 0.05) is 7.11 Å². The van der Waals surface area contributed by atoms with Gasteiger partial charge < -0.3 is 15.2 Å². The van der Waals surface area contributed by atoms with Crippen molar-refractivity contribution in [1.29, 1.82) is 0 Å². The third kappa shape index (κ3) is 4.80. The van der Waals surface area contributed by atoms with Crippen LogP contribution in [0, 0.1) is 0 Å². The minimum atomic E-state index is -0.0471. The number of rotatable bonds is 6. The van der Waals surface area contributed by atoms with Crippen LogP contribution in [0.25, 0.3) is 0 Å². The highest BCUT2D eigenvalue weighted by Gasteiger charge is 2.22. The Balaban J connectivity index is 1.82. The maximum atomic E-state index is 6.25. The lowest BCUT2D eigenvalue weighted by atomic mass is 9.95. The van der Waals surface area contributed by atoms with Crippen molar-refractivity contribution in [2.24, 2.45) is 5.73 Å². The Morgan fingerprint density at radius 1 is 1.10 bits per heavy atom. The highest BCUT2D eigenvalue weighted by Crippen LogP contribution is 2.24. The van der Waals surface area contributed by atoms with Crippen molar-refractivity contribution in [2.45, 2.75) is 63.7 Å². The zero-order valence-corrected chi connectivity index (χ0v) is 13.5. The number of hydrogen-bond acceptors (Lipinski definition) is 3. The summed E-state index contributed by atoms with van der Waals surface area (Å²) in [7, 11) is 1.79. The van der Waals surface area contributed by atoms with Gasteiger partial charge >= 0.3 is 0 Å². The van der Waals surface area contributed by atoms with Crippen molar-refractivity contribution in [3.05, 3.63) is 35.4 Å². The lowest BCUT2D eigenvalue weighted by Crippen LogP contribution is -2.30. The Bertz CT molecular complexity index is 416. The van der Waals surface area contributed by atoms with Crippen LogP contribution in [0.3, 0.4) is 0 Å². The number of methoxy groups -OCH3 is 1. The Hall–Kier alpha value is -0.900. The van der Waals surface area contributed by atoms with Gasteiger partial charge in [-0.3, -0.25) is 0 Å². The molecule has 0 aliphatic heterocycles. The molecular formula is C18H29NO2. The molecule has 2 N–H and O–H groups in total. The fourth-order valence-electron chi connectivity index (χ4n) is 2.93. The predicted octanol–water partition coefficient (Wildman–Crippen LogP) is 3.78. The monoisotopic (exact) mass is 291 g/mol. The Morgan fingerprint density at radius 2 is 1.71 bits per heavy atom. The van der Waals surface area contributed by atoms with E-state index in [1.165, 1.54) is 12.0 Å². The molecule has 3 nitrogen and oxygen atoms in total. The van der Waals surface area contributed by atoms with E-state index in [0.717, 1.165) is 24.8 Å². The van der Waals surface area contributed by atoms with E-state index in [9.17, 15) is 0 Å². The second-order valence-corrected chi connectivity index (χ2v) is 6.41. The van der Waals surface area contributed by atoms with Crippen molar-refractivity contribution in [3.63, 3.8) is 0 Å². The molecule has 1 saturated carbocycles. The summed E-state index contributed by atoms with van der Waals surface area (Å²) in [6.45, 7) is 4.99. The normalized spacial score (nSPS) is 24.2. The van der Waals surface area contributed by atoms with Crippen LogP contribution >= 0.6 is 0 Å². The molecule has 0 radical (unpaired) electrons. The summed E-state index contributed by atoms with van der Waals surface area (Å²) in [5.41, 5.74) is 8.75. The van der Waals surface area contributed by atoms with Gasteiger partial charge in [-0.2, -0.15) is 0 Å². The summed E-state index contributed by atoms with van der Waals surface area (Å²) in [6, 6.07) is 8.54. The number of hydrogen-bond donors (Lipinski definition) is 1. The summed E-state index contributed by atoms with van der Waals surface area (Å²) in [4.78, 5) is 0. The van der Waals surface area contributed by atoms with E-state index >= 15 is 0 Å². The molecule has 0 aromatic heterocycles. The first kappa shape index (κ1) is 16.5. The molecule has 21 heavy (non-hydrogen) atoms. The van der Waals surface area contributed by atoms with Crippen LogP contribution in [0.2, 0.25) is 0 Å². The van der Waals surface area contributed by atoms with Gasteiger partial charge in [0.1, 0.15) is 0 Å². The minimum absolute atomic E-state index is 0.0471. The fourth-order valence-corrected chi connectivity index (χ4v) is 2.93. The van der Waals surface area contributed by atoms with Gasteiger partial charge in [-0.1, -0.05) is 38.1 Å². The topological polar surface area (TPSA) is 44.5 Å². The number of benzene rings is 1. The molecule has 0 saturated heterocycles. The van der Waals surface area contributed by atoms with E-state index in [4.69, 9.17) is 15.2 Å². The Kier molecular flexibility index (Phi) is 6.22. The predicted molar refractivity (Wildman–Crippen MR) is 86.5 cm³/mol. The molecule has 1 aromatic carbocycles. The van der Waals surface area contributed by atoms with E-state index in [0.29, 0.717) is 24.7 Å². The third-order valence-corrected chi connectivity index (χ3v) is 4.45. The van der Waals surface area contributed by atoms with Crippen molar-refractivity contribution in [3.8, 4) is 0 Å². The molecule has 1 fully saturated rings. The number of ether oxygens (including phenoxy) is 2. The summed E-state index contributed by atoms with van der Waals surface area (Å²) in [5.74, 6) is 0.555. The lowest BCUT2D eigenvalue weighted by Gasteiger charge is -2.29. The molecule has 3 heteroatoms. The molecule has 1 aromatic rings.